The Labute approximate surface area is 128 Å². The first-order valence-electron chi connectivity index (χ1n) is 6.99. The van der Waals surface area contributed by atoms with Crippen molar-refractivity contribution < 1.29 is 5.11 Å². The van der Waals surface area contributed by atoms with Crippen LogP contribution in [0, 0.1) is 6.92 Å². The molecule has 20 heavy (non-hydrogen) atoms. The van der Waals surface area contributed by atoms with Gasteiger partial charge in [0.2, 0.25) is 0 Å². The van der Waals surface area contributed by atoms with Crippen LogP contribution in [0.5, 0.6) is 0 Å². The van der Waals surface area contributed by atoms with Crippen LogP contribution in [0.1, 0.15) is 49.2 Å². The molecule has 2 atom stereocenters. The Morgan fingerprint density at radius 2 is 2.10 bits per heavy atom. The van der Waals surface area contributed by atoms with Gasteiger partial charge in [0.05, 0.1) is 11.8 Å². The highest BCUT2D eigenvalue weighted by atomic mass is 79.9. The third-order valence-corrected chi connectivity index (χ3v) is 4.31. The van der Waals surface area contributed by atoms with Gasteiger partial charge in [0, 0.05) is 23.1 Å². The summed E-state index contributed by atoms with van der Waals surface area (Å²) in [6, 6.07) is 8.39. The molecule has 0 fully saturated rings. The molecule has 0 bridgehead atoms. The summed E-state index contributed by atoms with van der Waals surface area (Å²) in [5.74, 6) is 0. The molecule has 0 saturated carbocycles. The molecule has 1 N–H and O–H groups in total. The number of hydrogen-bond donors (Lipinski definition) is 1. The van der Waals surface area contributed by atoms with Gasteiger partial charge < -0.3 is 5.11 Å². The summed E-state index contributed by atoms with van der Waals surface area (Å²) < 4.78 is 2.91. The van der Waals surface area contributed by atoms with E-state index in [1.807, 2.05) is 42.1 Å². The third-order valence-electron chi connectivity index (χ3n) is 3.62. The molecular weight excluding hydrogens is 316 g/mol. The number of hydrogen-bond acceptors (Lipinski definition) is 2. The number of aryl methyl sites for hydroxylation is 1. The molecule has 1 aromatic heterocycles. The van der Waals surface area contributed by atoms with Crippen molar-refractivity contribution in [2.24, 2.45) is 0 Å². The van der Waals surface area contributed by atoms with Crippen LogP contribution in [0.3, 0.4) is 0 Å². The molecule has 2 aromatic rings. The lowest BCUT2D eigenvalue weighted by Gasteiger charge is -2.12. The van der Waals surface area contributed by atoms with Gasteiger partial charge in [-0.2, -0.15) is 5.10 Å². The number of aliphatic hydroxyl groups is 1. The molecule has 1 heterocycles. The van der Waals surface area contributed by atoms with E-state index >= 15 is 0 Å². The van der Waals surface area contributed by atoms with E-state index in [1.54, 1.807) is 0 Å². The number of nitrogens with zero attached hydrogens (tertiary/aromatic N) is 2. The maximum absolute atomic E-state index is 10.4. The van der Waals surface area contributed by atoms with E-state index in [1.165, 1.54) is 5.56 Å². The van der Waals surface area contributed by atoms with Crippen LogP contribution >= 0.6 is 15.9 Å². The smallest absolute Gasteiger partial charge is 0.0857 e. The highest BCUT2D eigenvalue weighted by Crippen LogP contribution is 2.26. The van der Waals surface area contributed by atoms with Gasteiger partial charge >= 0.3 is 0 Å². The van der Waals surface area contributed by atoms with Crippen LogP contribution in [0.25, 0.3) is 0 Å². The number of aromatic nitrogens is 2. The van der Waals surface area contributed by atoms with Crippen LogP contribution in [-0.2, 0) is 6.42 Å². The number of aliphatic hydroxyl groups excluding tert-OH is 1. The Morgan fingerprint density at radius 1 is 1.35 bits per heavy atom. The van der Waals surface area contributed by atoms with Gasteiger partial charge in [-0.1, -0.05) is 35.0 Å². The zero-order chi connectivity index (χ0) is 14.7. The van der Waals surface area contributed by atoms with Gasteiger partial charge in [0.15, 0.2) is 0 Å². The molecule has 2 unspecified atom stereocenters. The first-order valence-corrected chi connectivity index (χ1v) is 7.78. The lowest BCUT2D eigenvalue weighted by atomic mass is 10.0. The fourth-order valence-corrected chi connectivity index (χ4v) is 2.89. The summed E-state index contributed by atoms with van der Waals surface area (Å²) in [5.41, 5.74) is 3.01. The lowest BCUT2D eigenvalue weighted by Crippen LogP contribution is -2.07. The first-order chi connectivity index (χ1) is 9.51. The van der Waals surface area contributed by atoms with Crippen LogP contribution in [0.2, 0.25) is 0 Å². The van der Waals surface area contributed by atoms with Crippen molar-refractivity contribution in [3.63, 3.8) is 0 Å². The van der Waals surface area contributed by atoms with E-state index in [9.17, 15) is 5.11 Å². The quantitative estimate of drug-likeness (QED) is 0.888. The molecule has 0 aliphatic heterocycles. The summed E-state index contributed by atoms with van der Waals surface area (Å²) in [5, 5.41) is 14.9. The van der Waals surface area contributed by atoms with Crippen molar-refractivity contribution in [2.75, 3.05) is 0 Å². The lowest BCUT2D eigenvalue weighted by molar-refractivity contribution is 0.176. The summed E-state index contributed by atoms with van der Waals surface area (Å²) in [7, 11) is 0. The van der Waals surface area contributed by atoms with Crippen molar-refractivity contribution in [3.05, 3.63) is 51.8 Å². The van der Waals surface area contributed by atoms with Crippen molar-refractivity contribution in [1.82, 2.24) is 9.78 Å². The molecule has 0 saturated heterocycles. The maximum Gasteiger partial charge on any atom is 0.0857 e. The van der Waals surface area contributed by atoms with Crippen molar-refractivity contribution in [3.8, 4) is 0 Å². The number of benzene rings is 1. The van der Waals surface area contributed by atoms with E-state index in [-0.39, 0.29) is 0 Å². The molecule has 3 nitrogen and oxygen atoms in total. The largest absolute Gasteiger partial charge is 0.388 e. The molecule has 108 valence electrons. The number of halogens is 1. The predicted molar refractivity (Wildman–Crippen MR) is 84.8 cm³/mol. The zero-order valence-electron chi connectivity index (χ0n) is 12.2. The second-order valence-corrected chi connectivity index (χ2v) is 6.14. The Balaban J connectivity index is 2.11. The fraction of sp³-hybridized carbons (Fsp3) is 0.438. The van der Waals surface area contributed by atoms with Gasteiger partial charge in [-0.3, -0.25) is 4.68 Å². The van der Waals surface area contributed by atoms with Gasteiger partial charge in [-0.15, -0.1) is 0 Å². The second kappa shape index (κ2) is 6.55. The predicted octanol–water partition coefficient (Wildman–Crippen LogP) is 4.20. The minimum atomic E-state index is -0.537. The highest BCUT2D eigenvalue weighted by molar-refractivity contribution is 9.10. The van der Waals surface area contributed by atoms with Crippen molar-refractivity contribution in [1.29, 1.82) is 0 Å². The third kappa shape index (κ3) is 3.49. The van der Waals surface area contributed by atoms with Gasteiger partial charge in [0.1, 0.15) is 0 Å². The average molecular weight is 337 g/mol. The minimum absolute atomic E-state index is 0.395. The van der Waals surface area contributed by atoms with E-state index in [2.05, 4.69) is 34.9 Å². The molecule has 0 amide bonds. The van der Waals surface area contributed by atoms with Gasteiger partial charge in [-0.25, -0.2) is 0 Å². The first kappa shape index (κ1) is 15.3. The molecule has 4 heteroatoms. The highest BCUT2D eigenvalue weighted by Gasteiger charge is 2.14. The normalized spacial score (nSPS) is 14.2. The molecule has 0 aliphatic carbocycles. The monoisotopic (exact) mass is 336 g/mol. The Morgan fingerprint density at radius 3 is 2.75 bits per heavy atom. The maximum atomic E-state index is 10.4. The Kier molecular flexibility index (Phi) is 5.00. The van der Waals surface area contributed by atoms with E-state index in [4.69, 9.17) is 0 Å². The van der Waals surface area contributed by atoms with Crippen molar-refractivity contribution >= 4 is 15.9 Å². The average Bonchev–Trinajstić information content (AvgIpc) is 2.86. The molecule has 2 rings (SSSR count). The topological polar surface area (TPSA) is 38.0 Å². The Hall–Kier alpha value is -1.13. The SMILES string of the molecule is CCC(C)n1ccc(CC(O)c2ccc(C)cc2Br)n1. The van der Waals surface area contributed by atoms with Crippen LogP contribution < -0.4 is 0 Å². The standard InChI is InChI=1S/C16H21BrN2O/c1-4-12(3)19-8-7-13(18-19)10-16(20)14-6-5-11(2)9-15(14)17/h5-9,12,16,20H,4,10H2,1-3H3. The van der Waals surface area contributed by atoms with E-state index < -0.39 is 6.10 Å². The zero-order valence-corrected chi connectivity index (χ0v) is 13.8. The van der Waals surface area contributed by atoms with Gasteiger partial charge in [0.25, 0.3) is 0 Å². The Bertz CT molecular complexity index is 580. The van der Waals surface area contributed by atoms with E-state index in [0.717, 1.165) is 22.2 Å². The summed E-state index contributed by atoms with van der Waals surface area (Å²) in [6.07, 6.45) is 3.03. The van der Waals surface area contributed by atoms with Crippen LogP contribution in [0.15, 0.2) is 34.9 Å². The molecule has 1 aromatic carbocycles. The molecular formula is C16H21BrN2O. The van der Waals surface area contributed by atoms with E-state index in [0.29, 0.717) is 12.5 Å². The van der Waals surface area contributed by atoms with Gasteiger partial charge in [-0.05, 0) is 43.5 Å². The summed E-state index contributed by atoms with van der Waals surface area (Å²) in [4.78, 5) is 0. The summed E-state index contributed by atoms with van der Waals surface area (Å²) in [6.45, 7) is 6.32. The van der Waals surface area contributed by atoms with Crippen molar-refractivity contribution in [2.45, 2.75) is 45.8 Å². The molecule has 0 spiro atoms. The number of rotatable bonds is 5. The fourth-order valence-electron chi connectivity index (χ4n) is 2.13. The minimum Gasteiger partial charge on any atom is -0.388 e. The second-order valence-electron chi connectivity index (χ2n) is 5.29. The summed E-state index contributed by atoms with van der Waals surface area (Å²) >= 11 is 3.52. The molecule has 0 radical (unpaired) electrons. The van der Waals surface area contributed by atoms with Crippen LogP contribution in [0.4, 0.5) is 0 Å². The van der Waals surface area contributed by atoms with Crippen LogP contribution in [-0.4, -0.2) is 14.9 Å². The molecule has 0 aliphatic rings.